The van der Waals surface area contributed by atoms with Crippen molar-refractivity contribution in [2.24, 2.45) is 5.41 Å². The van der Waals surface area contributed by atoms with Gasteiger partial charge in [-0.05, 0) is 32.3 Å². The largest absolute Gasteiger partial charge is 0.395 e. The van der Waals surface area contributed by atoms with Gasteiger partial charge in [0.25, 0.3) is 5.91 Å². The van der Waals surface area contributed by atoms with E-state index >= 15 is 0 Å². The van der Waals surface area contributed by atoms with Crippen molar-refractivity contribution in [2.45, 2.75) is 59.7 Å². The molecule has 0 saturated carbocycles. The van der Waals surface area contributed by atoms with E-state index in [1.807, 2.05) is 47.6 Å². The molecule has 0 aliphatic heterocycles. The van der Waals surface area contributed by atoms with Gasteiger partial charge in [-0.25, -0.2) is 0 Å². The molecule has 2 aromatic rings. The molecule has 1 atom stereocenters. The second kappa shape index (κ2) is 9.47. The second-order valence-corrected chi connectivity index (χ2v) is 9.61. The van der Waals surface area contributed by atoms with Crippen molar-refractivity contribution < 1.29 is 19.5 Å². The zero-order valence-corrected chi connectivity index (χ0v) is 19.1. The van der Waals surface area contributed by atoms with Crippen molar-refractivity contribution >= 4 is 28.6 Å². The van der Waals surface area contributed by atoms with E-state index in [2.05, 4.69) is 21.0 Å². The minimum Gasteiger partial charge on any atom is -0.395 e. The van der Waals surface area contributed by atoms with Gasteiger partial charge in [0.1, 0.15) is 12.6 Å². The Morgan fingerprint density at radius 2 is 1.74 bits per heavy atom. The first-order valence-corrected chi connectivity index (χ1v) is 10.3. The van der Waals surface area contributed by atoms with Gasteiger partial charge in [-0.2, -0.15) is 5.10 Å². The third-order valence-electron chi connectivity index (χ3n) is 4.50. The number of benzene rings is 1. The second-order valence-electron chi connectivity index (χ2n) is 9.61. The lowest BCUT2D eigenvalue weighted by Crippen LogP contribution is -2.54. The molecule has 3 amide bonds. The summed E-state index contributed by atoms with van der Waals surface area (Å²) in [7, 11) is 0. The number of carbonyl (C=O) groups is 3. The van der Waals surface area contributed by atoms with E-state index in [0.29, 0.717) is 10.9 Å². The molecule has 1 aromatic heterocycles. The van der Waals surface area contributed by atoms with Crippen molar-refractivity contribution in [2.75, 3.05) is 13.2 Å². The Morgan fingerprint density at radius 3 is 2.32 bits per heavy atom. The molecule has 0 aliphatic rings. The number of amides is 3. The monoisotopic (exact) mass is 431 g/mol. The van der Waals surface area contributed by atoms with Crippen LogP contribution >= 0.6 is 0 Å². The first-order chi connectivity index (χ1) is 14.3. The van der Waals surface area contributed by atoms with Crippen LogP contribution in [-0.2, 0) is 16.1 Å². The van der Waals surface area contributed by atoms with Gasteiger partial charge >= 0.3 is 0 Å². The van der Waals surface area contributed by atoms with E-state index in [-0.39, 0.29) is 42.7 Å². The zero-order valence-electron chi connectivity index (χ0n) is 19.1. The number of aromatic nitrogens is 2. The third kappa shape index (κ3) is 6.52. The summed E-state index contributed by atoms with van der Waals surface area (Å²) in [4.78, 5) is 38.1. The summed E-state index contributed by atoms with van der Waals surface area (Å²) in [6, 6.07) is 6.31. The number of nitrogens with one attached hydrogen (secondary N) is 3. The molecule has 2 rings (SSSR count). The number of nitrogens with zero attached hydrogens (tertiary/aromatic N) is 2. The number of carbonyl (C=O) groups excluding carboxylic acids is 3. The van der Waals surface area contributed by atoms with Crippen molar-refractivity contribution in [1.82, 2.24) is 25.7 Å². The standard InChI is InChI=1S/C22H33N5O4/c1-21(2,3)18(20(31)23-11-12-28)24-19(30)17-14-9-7-8-10-15(14)27(26-17)13-16(29)25-22(4,5)6/h7-10,18,28H,11-13H2,1-6H3,(H,23,31)(H,24,30)(H,25,29). The molecule has 1 heterocycles. The Hall–Kier alpha value is -2.94. The lowest BCUT2D eigenvalue weighted by Gasteiger charge is -2.30. The van der Waals surface area contributed by atoms with Gasteiger partial charge in [-0.3, -0.25) is 19.1 Å². The third-order valence-corrected chi connectivity index (χ3v) is 4.50. The van der Waals surface area contributed by atoms with Crippen LogP contribution in [0.2, 0.25) is 0 Å². The Labute approximate surface area is 182 Å². The van der Waals surface area contributed by atoms with Gasteiger partial charge < -0.3 is 21.1 Å². The first kappa shape index (κ1) is 24.3. The van der Waals surface area contributed by atoms with Crippen molar-refractivity contribution in [1.29, 1.82) is 0 Å². The number of hydrogen-bond acceptors (Lipinski definition) is 5. The van der Waals surface area contributed by atoms with Gasteiger partial charge in [0, 0.05) is 17.5 Å². The van der Waals surface area contributed by atoms with Gasteiger partial charge in [0.15, 0.2) is 5.69 Å². The summed E-state index contributed by atoms with van der Waals surface area (Å²) in [6.45, 7) is 11.0. The average Bonchev–Trinajstić information content (AvgIpc) is 3.00. The van der Waals surface area contributed by atoms with Crippen molar-refractivity contribution in [3.05, 3.63) is 30.0 Å². The van der Waals surface area contributed by atoms with Crippen LogP contribution in [0.25, 0.3) is 10.9 Å². The fourth-order valence-electron chi connectivity index (χ4n) is 3.17. The number of aliphatic hydroxyl groups excluding tert-OH is 1. The van der Waals surface area contributed by atoms with Gasteiger partial charge in [-0.1, -0.05) is 39.0 Å². The number of aliphatic hydroxyl groups is 1. The molecule has 1 aromatic carbocycles. The zero-order chi connectivity index (χ0) is 23.4. The maximum atomic E-state index is 13.1. The number of para-hydroxylation sites is 1. The Bertz CT molecular complexity index is 953. The normalized spacial score (nSPS) is 13.0. The van der Waals surface area contributed by atoms with Crippen LogP contribution in [-0.4, -0.2) is 57.3 Å². The lowest BCUT2D eigenvalue weighted by molar-refractivity contribution is -0.125. The van der Waals surface area contributed by atoms with Gasteiger partial charge in [0.2, 0.25) is 11.8 Å². The van der Waals surface area contributed by atoms with Gasteiger partial charge in [-0.15, -0.1) is 0 Å². The Kier molecular flexibility index (Phi) is 7.43. The van der Waals surface area contributed by atoms with Crippen LogP contribution in [0.4, 0.5) is 0 Å². The maximum Gasteiger partial charge on any atom is 0.273 e. The average molecular weight is 432 g/mol. The number of rotatable bonds is 7. The highest BCUT2D eigenvalue weighted by atomic mass is 16.3. The molecule has 4 N–H and O–H groups in total. The predicted octanol–water partition coefficient (Wildman–Crippen LogP) is 1.20. The molecule has 9 nitrogen and oxygen atoms in total. The molecule has 0 bridgehead atoms. The molecule has 9 heteroatoms. The van der Waals surface area contributed by atoms with Crippen molar-refractivity contribution in [3.8, 4) is 0 Å². The Balaban J connectivity index is 2.33. The molecule has 0 saturated heterocycles. The molecule has 0 fully saturated rings. The quantitative estimate of drug-likeness (QED) is 0.524. The van der Waals surface area contributed by atoms with E-state index in [9.17, 15) is 14.4 Å². The van der Waals surface area contributed by atoms with Crippen molar-refractivity contribution in [3.63, 3.8) is 0 Å². The summed E-state index contributed by atoms with van der Waals surface area (Å²) < 4.78 is 1.49. The van der Waals surface area contributed by atoms with Crippen LogP contribution in [0, 0.1) is 5.41 Å². The van der Waals surface area contributed by atoms with E-state index in [1.54, 1.807) is 18.2 Å². The maximum absolute atomic E-state index is 13.1. The molecule has 170 valence electrons. The summed E-state index contributed by atoms with van der Waals surface area (Å²) in [5.41, 5.74) is -0.167. The van der Waals surface area contributed by atoms with Crippen LogP contribution in [0.5, 0.6) is 0 Å². The molecular weight excluding hydrogens is 398 g/mol. The highest BCUT2D eigenvalue weighted by Crippen LogP contribution is 2.22. The SMILES string of the molecule is CC(C)(C)NC(=O)Cn1nc(C(=O)NC(C(=O)NCCO)C(C)(C)C)c2ccccc21. The van der Waals surface area contributed by atoms with Crippen LogP contribution in [0.3, 0.4) is 0 Å². The summed E-state index contributed by atoms with van der Waals surface area (Å²) in [6.07, 6.45) is 0. The summed E-state index contributed by atoms with van der Waals surface area (Å²) in [5.74, 6) is -1.11. The summed E-state index contributed by atoms with van der Waals surface area (Å²) >= 11 is 0. The lowest BCUT2D eigenvalue weighted by atomic mass is 9.86. The molecular formula is C22H33N5O4. The molecule has 1 unspecified atom stereocenters. The predicted molar refractivity (Wildman–Crippen MR) is 118 cm³/mol. The van der Waals surface area contributed by atoms with E-state index in [4.69, 9.17) is 5.11 Å². The van der Waals surface area contributed by atoms with E-state index < -0.39 is 17.4 Å². The topological polar surface area (TPSA) is 125 Å². The van der Waals surface area contributed by atoms with Crippen LogP contribution in [0.15, 0.2) is 24.3 Å². The van der Waals surface area contributed by atoms with Crippen LogP contribution < -0.4 is 16.0 Å². The molecule has 0 radical (unpaired) electrons. The fourth-order valence-corrected chi connectivity index (χ4v) is 3.17. The highest BCUT2D eigenvalue weighted by molar-refractivity contribution is 6.06. The number of hydrogen-bond donors (Lipinski definition) is 4. The number of fused-ring (bicyclic) bond motifs is 1. The minimum atomic E-state index is -0.834. The fraction of sp³-hybridized carbons (Fsp3) is 0.545. The highest BCUT2D eigenvalue weighted by Gasteiger charge is 2.34. The van der Waals surface area contributed by atoms with Crippen LogP contribution in [0.1, 0.15) is 52.0 Å². The molecule has 0 spiro atoms. The minimum absolute atomic E-state index is 0.0370. The van der Waals surface area contributed by atoms with E-state index in [0.717, 1.165) is 0 Å². The smallest absolute Gasteiger partial charge is 0.273 e. The van der Waals surface area contributed by atoms with E-state index in [1.165, 1.54) is 4.68 Å². The first-order valence-electron chi connectivity index (χ1n) is 10.3. The Morgan fingerprint density at radius 1 is 1.10 bits per heavy atom. The molecule has 0 aliphatic carbocycles. The molecule has 31 heavy (non-hydrogen) atoms. The summed E-state index contributed by atoms with van der Waals surface area (Å²) in [5, 5.41) is 22.2. The van der Waals surface area contributed by atoms with Gasteiger partial charge in [0.05, 0.1) is 12.1 Å².